The normalized spacial score (nSPS) is 17.8. The van der Waals surface area contributed by atoms with Gasteiger partial charge in [-0.05, 0) is 38.3 Å². The summed E-state index contributed by atoms with van der Waals surface area (Å²) in [5.41, 5.74) is 2.09. The van der Waals surface area contributed by atoms with Crippen molar-refractivity contribution in [2.45, 2.75) is 33.2 Å². The zero-order chi connectivity index (χ0) is 19.1. The molecule has 1 saturated heterocycles. The van der Waals surface area contributed by atoms with Gasteiger partial charge in [-0.3, -0.25) is 9.78 Å². The van der Waals surface area contributed by atoms with Crippen molar-refractivity contribution >= 4 is 22.8 Å². The van der Waals surface area contributed by atoms with Crippen LogP contribution in [0.1, 0.15) is 32.3 Å². The van der Waals surface area contributed by atoms with Gasteiger partial charge in [0.15, 0.2) is 5.96 Å². The summed E-state index contributed by atoms with van der Waals surface area (Å²) < 4.78 is 5.21. The molecule has 1 aromatic carbocycles. The molecule has 0 saturated carbocycles. The van der Waals surface area contributed by atoms with E-state index in [1.165, 1.54) is 0 Å². The standard InChI is InChI=1S/C21H28N4O2/c1-3-22-21(25-13-7-11-18(15-25)20(26)27-4-2)24-14-17-9-5-8-16-10-6-12-23-19(16)17/h5-6,8-10,12,18H,3-4,7,11,13-15H2,1-2H3,(H,22,24). The molecule has 1 aliphatic heterocycles. The van der Waals surface area contributed by atoms with Gasteiger partial charge >= 0.3 is 5.97 Å². The van der Waals surface area contributed by atoms with Crippen molar-refractivity contribution in [3.05, 3.63) is 42.1 Å². The summed E-state index contributed by atoms with van der Waals surface area (Å²) in [7, 11) is 0. The van der Waals surface area contributed by atoms with Crippen LogP contribution in [0.15, 0.2) is 41.5 Å². The van der Waals surface area contributed by atoms with E-state index in [0.29, 0.717) is 19.7 Å². The summed E-state index contributed by atoms with van der Waals surface area (Å²) in [6.07, 6.45) is 3.65. The smallest absolute Gasteiger partial charge is 0.310 e. The summed E-state index contributed by atoms with van der Waals surface area (Å²) in [4.78, 5) is 23.7. The van der Waals surface area contributed by atoms with E-state index in [2.05, 4.69) is 40.3 Å². The molecule has 0 bridgehead atoms. The van der Waals surface area contributed by atoms with Crippen LogP contribution in [0.5, 0.6) is 0 Å². The van der Waals surface area contributed by atoms with Crippen molar-refractivity contribution in [3.63, 3.8) is 0 Å². The van der Waals surface area contributed by atoms with Gasteiger partial charge in [0.1, 0.15) is 0 Å². The number of hydrogen-bond donors (Lipinski definition) is 1. The minimum Gasteiger partial charge on any atom is -0.466 e. The molecule has 0 amide bonds. The Hall–Kier alpha value is -2.63. The van der Waals surface area contributed by atoms with Crippen molar-refractivity contribution in [1.82, 2.24) is 15.2 Å². The Morgan fingerprint density at radius 2 is 2.19 bits per heavy atom. The average Bonchev–Trinajstić information content (AvgIpc) is 2.71. The molecule has 1 fully saturated rings. The first-order chi connectivity index (χ1) is 13.2. The van der Waals surface area contributed by atoms with E-state index in [1.807, 2.05) is 25.3 Å². The first-order valence-corrected chi connectivity index (χ1v) is 9.75. The zero-order valence-electron chi connectivity index (χ0n) is 16.1. The van der Waals surface area contributed by atoms with Gasteiger partial charge in [-0.25, -0.2) is 4.99 Å². The molecular weight excluding hydrogens is 340 g/mol. The Bertz CT molecular complexity index is 800. The molecule has 0 spiro atoms. The Morgan fingerprint density at radius 1 is 1.33 bits per heavy atom. The van der Waals surface area contributed by atoms with Crippen LogP contribution < -0.4 is 5.32 Å². The number of guanidine groups is 1. The molecule has 1 aromatic heterocycles. The van der Waals surface area contributed by atoms with E-state index in [0.717, 1.165) is 48.4 Å². The number of likely N-dealkylation sites (tertiary alicyclic amines) is 1. The quantitative estimate of drug-likeness (QED) is 0.499. The molecule has 2 heterocycles. The molecule has 0 radical (unpaired) electrons. The number of aliphatic imine (C=N–C) groups is 1. The SMILES string of the molecule is CCNC(=NCc1cccc2cccnc12)N1CCCC(C(=O)OCC)C1. The predicted molar refractivity (Wildman–Crippen MR) is 107 cm³/mol. The molecule has 1 aliphatic rings. The largest absolute Gasteiger partial charge is 0.466 e. The van der Waals surface area contributed by atoms with Crippen molar-refractivity contribution < 1.29 is 9.53 Å². The van der Waals surface area contributed by atoms with E-state index in [-0.39, 0.29) is 11.9 Å². The second kappa shape index (κ2) is 9.35. The van der Waals surface area contributed by atoms with E-state index in [4.69, 9.17) is 9.73 Å². The third kappa shape index (κ3) is 4.76. The molecule has 1 unspecified atom stereocenters. The number of carbonyl (C=O) groups is 1. The molecule has 1 atom stereocenters. The summed E-state index contributed by atoms with van der Waals surface area (Å²) in [6.45, 7) is 7.22. The van der Waals surface area contributed by atoms with Gasteiger partial charge in [0, 0.05) is 31.2 Å². The first-order valence-electron chi connectivity index (χ1n) is 9.75. The van der Waals surface area contributed by atoms with E-state index in [1.54, 1.807) is 0 Å². The van der Waals surface area contributed by atoms with Crippen LogP contribution in [0, 0.1) is 5.92 Å². The van der Waals surface area contributed by atoms with Gasteiger partial charge in [-0.15, -0.1) is 0 Å². The Labute approximate surface area is 160 Å². The van der Waals surface area contributed by atoms with Crippen LogP contribution in [-0.2, 0) is 16.1 Å². The fourth-order valence-electron chi connectivity index (χ4n) is 3.50. The van der Waals surface area contributed by atoms with Crippen LogP contribution in [-0.4, -0.2) is 48.1 Å². The van der Waals surface area contributed by atoms with Gasteiger partial charge < -0.3 is 15.0 Å². The number of fused-ring (bicyclic) bond motifs is 1. The van der Waals surface area contributed by atoms with Gasteiger partial charge in [-0.2, -0.15) is 0 Å². The molecule has 6 heteroatoms. The maximum absolute atomic E-state index is 12.1. The highest BCUT2D eigenvalue weighted by Gasteiger charge is 2.28. The van der Waals surface area contributed by atoms with E-state index < -0.39 is 0 Å². The molecule has 0 aliphatic carbocycles. The minimum atomic E-state index is -0.101. The number of pyridine rings is 1. The lowest BCUT2D eigenvalue weighted by Gasteiger charge is -2.34. The van der Waals surface area contributed by atoms with E-state index in [9.17, 15) is 4.79 Å². The molecule has 27 heavy (non-hydrogen) atoms. The number of nitrogens with one attached hydrogen (secondary N) is 1. The molecular formula is C21H28N4O2. The third-order valence-corrected chi connectivity index (χ3v) is 4.79. The van der Waals surface area contributed by atoms with Gasteiger partial charge in [0.2, 0.25) is 0 Å². The predicted octanol–water partition coefficient (Wildman–Crippen LogP) is 2.98. The summed E-state index contributed by atoms with van der Waals surface area (Å²) in [6, 6.07) is 10.2. The van der Waals surface area contributed by atoms with Crippen LogP contribution in [0.25, 0.3) is 10.9 Å². The number of rotatable bonds is 5. The number of para-hydroxylation sites is 1. The topological polar surface area (TPSA) is 66.8 Å². The zero-order valence-corrected chi connectivity index (χ0v) is 16.1. The van der Waals surface area contributed by atoms with Crippen molar-refractivity contribution in [3.8, 4) is 0 Å². The highest BCUT2D eigenvalue weighted by atomic mass is 16.5. The second-order valence-corrected chi connectivity index (χ2v) is 6.70. The van der Waals surface area contributed by atoms with Gasteiger partial charge in [0.25, 0.3) is 0 Å². The molecule has 6 nitrogen and oxygen atoms in total. The highest BCUT2D eigenvalue weighted by Crippen LogP contribution is 2.20. The van der Waals surface area contributed by atoms with Gasteiger partial charge in [-0.1, -0.05) is 24.3 Å². The van der Waals surface area contributed by atoms with Crippen LogP contribution in [0.3, 0.4) is 0 Å². The highest BCUT2D eigenvalue weighted by molar-refractivity contribution is 5.83. The second-order valence-electron chi connectivity index (χ2n) is 6.70. The maximum Gasteiger partial charge on any atom is 0.310 e. The molecule has 144 valence electrons. The Morgan fingerprint density at radius 3 is 3.00 bits per heavy atom. The van der Waals surface area contributed by atoms with Crippen molar-refractivity contribution in [2.24, 2.45) is 10.9 Å². The summed E-state index contributed by atoms with van der Waals surface area (Å²) in [5.74, 6) is 0.664. The van der Waals surface area contributed by atoms with Crippen LogP contribution in [0.4, 0.5) is 0 Å². The number of nitrogens with zero attached hydrogens (tertiary/aromatic N) is 3. The van der Waals surface area contributed by atoms with Crippen molar-refractivity contribution in [1.29, 1.82) is 0 Å². The van der Waals surface area contributed by atoms with E-state index >= 15 is 0 Å². The molecule has 1 N–H and O–H groups in total. The monoisotopic (exact) mass is 368 g/mol. The molecule has 2 aromatic rings. The Balaban J connectivity index is 1.77. The minimum absolute atomic E-state index is 0.0817. The number of ether oxygens (including phenoxy) is 1. The summed E-state index contributed by atoms with van der Waals surface area (Å²) in [5, 5.41) is 4.49. The fraction of sp³-hybridized carbons (Fsp3) is 0.476. The lowest BCUT2D eigenvalue weighted by atomic mass is 9.98. The lowest BCUT2D eigenvalue weighted by Crippen LogP contribution is -2.48. The first kappa shape index (κ1) is 19.1. The summed E-state index contributed by atoms with van der Waals surface area (Å²) >= 11 is 0. The number of hydrogen-bond acceptors (Lipinski definition) is 4. The fourth-order valence-corrected chi connectivity index (χ4v) is 3.50. The van der Waals surface area contributed by atoms with Crippen LogP contribution >= 0.6 is 0 Å². The number of benzene rings is 1. The number of carbonyl (C=O) groups excluding carboxylic acids is 1. The van der Waals surface area contributed by atoms with Crippen LogP contribution in [0.2, 0.25) is 0 Å². The van der Waals surface area contributed by atoms with Crippen molar-refractivity contribution in [2.75, 3.05) is 26.2 Å². The lowest BCUT2D eigenvalue weighted by molar-refractivity contribution is -0.149. The molecule has 3 rings (SSSR count). The number of esters is 1. The van der Waals surface area contributed by atoms with Gasteiger partial charge in [0.05, 0.1) is 24.6 Å². The number of aromatic nitrogens is 1. The third-order valence-electron chi connectivity index (χ3n) is 4.79. The Kier molecular flexibility index (Phi) is 6.63. The maximum atomic E-state index is 12.1. The average molecular weight is 368 g/mol. The number of piperidine rings is 1.